The molecule has 20 heavy (non-hydrogen) atoms. The fourth-order valence-electron chi connectivity index (χ4n) is 1.56. The lowest BCUT2D eigenvalue weighted by Gasteiger charge is -2.10. The van der Waals surface area contributed by atoms with Gasteiger partial charge in [0.2, 0.25) is 0 Å². The van der Waals surface area contributed by atoms with Crippen LogP contribution in [0, 0.1) is 0 Å². The van der Waals surface area contributed by atoms with Crippen LogP contribution in [0.25, 0.3) is 10.2 Å². The number of thiazole rings is 1. The Hall–Kier alpha value is -1.60. The second kappa shape index (κ2) is 6.71. The van der Waals surface area contributed by atoms with Crippen LogP contribution in [-0.2, 0) is 19.1 Å². The molecule has 1 heterocycles. The van der Waals surface area contributed by atoms with E-state index in [1.54, 1.807) is 0 Å². The van der Waals surface area contributed by atoms with Crippen molar-refractivity contribution >= 4 is 45.3 Å². The van der Waals surface area contributed by atoms with Crippen molar-refractivity contribution in [3.8, 4) is 0 Å². The number of carbonyl (C=O) groups is 2. The van der Waals surface area contributed by atoms with E-state index in [4.69, 9.17) is 4.74 Å². The number of rotatable bonds is 5. The first kappa shape index (κ1) is 14.8. The highest BCUT2D eigenvalue weighted by molar-refractivity contribution is 8.02. The maximum atomic E-state index is 11.7. The number of hydrogen-bond acceptors (Lipinski definition) is 7. The molecule has 0 aliphatic rings. The molecule has 0 N–H and O–H groups in total. The molecule has 0 saturated carbocycles. The van der Waals surface area contributed by atoms with Crippen molar-refractivity contribution in [3.05, 3.63) is 24.3 Å². The predicted molar refractivity (Wildman–Crippen MR) is 77.9 cm³/mol. The normalized spacial score (nSPS) is 12.1. The van der Waals surface area contributed by atoms with Crippen LogP contribution < -0.4 is 0 Å². The van der Waals surface area contributed by atoms with Crippen LogP contribution in [0.2, 0.25) is 0 Å². The van der Waals surface area contributed by atoms with Crippen molar-refractivity contribution in [2.75, 3.05) is 14.2 Å². The van der Waals surface area contributed by atoms with Gasteiger partial charge in [-0.25, -0.2) is 4.98 Å². The summed E-state index contributed by atoms with van der Waals surface area (Å²) in [7, 11) is 2.59. The fourth-order valence-corrected chi connectivity index (χ4v) is 3.88. The second-order valence-corrected chi connectivity index (χ2v) is 6.34. The molecule has 1 aromatic carbocycles. The zero-order valence-electron chi connectivity index (χ0n) is 11.0. The number of esters is 2. The Kier molecular flexibility index (Phi) is 4.97. The topological polar surface area (TPSA) is 65.5 Å². The zero-order valence-corrected chi connectivity index (χ0v) is 12.6. The molecule has 0 bridgehead atoms. The fraction of sp³-hybridized carbons (Fsp3) is 0.308. The quantitative estimate of drug-likeness (QED) is 0.624. The van der Waals surface area contributed by atoms with Gasteiger partial charge in [0.05, 0.1) is 30.9 Å². The van der Waals surface area contributed by atoms with E-state index in [2.05, 4.69) is 9.72 Å². The molecular formula is C13H13NO4S2. The monoisotopic (exact) mass is 311 g/mol. The van der Waals surface area contributed by atoms with Gasteiger partial charge in [0, 0.05) is 0 Å². The lowest BCUT2D eigenvalue weighted by atomic mass is 10.3. The number of carbonyl (C=O) groups excluding carboxylic acids is 2. The summed E-state index contributed by atoms with van der Waals surface area (Å²) in [5.74, 6) is -0.909. The molecule has 2 rings (SSSR count). The highest BCUT2D eigenvalue weighted by atomic mass is 32.2. The summed E-state index contributed by atoms with van der Waals surface area (Å²) in [4.78, 5) is 27.5. The molecule has 2 aromatic rings. The molecule has 5 nitrogen and oxygen atoms in total. The molecule has 0 amide bonds. The molecule has 0 spiro atoms. The maximum absolute atomic E-state index is 11.7. The number of ether oxygens (including phenoxy) is 2. The van der Waals surface area contributed by atoms with Gasteiger partial charge in [-0.2, -0.15) is 0 Å². The Morgan fingerprint density at radius 1 is 1.30 bits per heavy atom. The van der Waals surface area contributed by atoms with Crippen molar-refractivity contribution < 1.29 is 19.1 Å². The molecule has 1 unspecified atom stereocenters. The second-order valence-electron chi connectivity index (χ2n) is 3.86. The molecule has 0 saturated heterocycles. The van der Waals surface area contributed by atoms with E-state index in [-0.39, 0.29) is 6.42 Å². The Morgan fingerprint density at radius 2 is 2.05 bits per heavy atom. The average Bonchev–Trinajstić information content (AvgIpc) is 2.87. The summed E-state index contributed by atoms with van der Waals surface area (Å²) in [6, 6.07) is 7.71. The Labute approximate surface area is 124 Å². The highest BCUT2D eigenvalue weighted by Gasteiger charge is 2.25. The smallest absolute Gasteiger partial charge is 0.319 e. The van der Waals surface area contributed by atoms with Crippen LogP contribution >= 0.6 is 23.1 Å². The summed E-state index contributed by atoms with van der Waals surface area (Å²) in [6.45, 7) is 0. The molecule has 0 fully saturated rings. The van der Waals surface area contributed by atoms with Crippen molar-refractivity contribution in [2.24, 2.45) is 0 Å². The van der Waals surface area contributed by atoms with E-state index in [0.717, 1.165) is 14.6 Å². The Morgan fingerprint density at radius 3 is 2.70 bits per heavy atom. The third kappa shape index (κ3) is 3.49. The third-order valence-electron chi connectivity index (χ3n) is 2.56. The zero-order chi connectivity index (χ0) is 14.5. The minimum Gasteiger partial charge on any atom is -0.469 e. The van der Waals surface area contributed by atoms with Gasteiger partial charge in [0.15, 0.2) is 4.34 Å². The number of aromatic nitrogens is 1. The molecule has 106 valence electrons. The molecule has 1 atom stereocenters. The van der Waals surface area contributed by atoms with Gasteiger partial charge in [-0.05, 0) is 12.1 Å². The molecular weight excluding hydrogens is 298 g/mol. The predicted octanol–water partition coefficient (Wildman–Crippen LogP) is 2.49. The van der Waals surface area contributed by atoms with Crippen LogP contribution in [-0.4, -0.2) is 36.4 Å². The Bertz CT molecular complexity index is 593. The molecule has 1 aromatic heterocycles. The SMILES string of the molecule is COC(=O)CC(Sc1nc2ccccc2s1)C(=O)OC. The van der Waals surface area contributed by atoms with Gasteiger partial charge in [-0.1, -0.05) is 23.9 Å². The standard InChI is InChI=1S/C13H13NO4S2/c1-17-11(15)7-10(12(16)18-2)20-13-14-8-5-3-4-6-9(8)19-13/h3-6,10H,7H2,1-2H3. The van der Waals surface area contributed by atoms with E-state index < -0.39 is 17.2 Å². The van der Waals surface area contributed by atoms with Crippen LogP contribution in [0.15, 0.2) is 28.6 Å². The van der Waals surface area contributed by atoms with E-state index in [9.17, 15) is 9.59 Å². The van der Waals surface area contributed by atoms with Gasteiger partial charge in [0.1, 0.15) is 5.25 Å². The van der Waals surface area contributed by atoms with Gasteiger partial charge in [-0.3, -0.25) is 9.59 Å². The van der Waals surface area contributed by atoms with E-state index in [0.29, 0.717) is 0 Å². The van der Waals surface area contributed by atoms with Crippen LogP contribution in [0.4, 0.5) is 0 Å². The first-order chi connectivity index (χ1) is 9.63. The number of hydrogen-bond donors (Lipinski definition) is 0. The van der Waals surface area contributed by atoms with Crippen LogP contribution in [0.5, 0.6) is 0 Å². The summed E-state index contributed by atoms with van der Waals surface area (Å²) in [6.07, 6.45) is -0.0379. The lowest BCUT2D eigenvalue weighted by Crippen LogP contribution is -2.22. The first-order valence-corrected chi connectivity index (χ1v) is 7.50. The summed E-state index contributed by atoms with van der Waals surface area (Å²) in [5, 5.41) is -0.645. The first-order valence-electron chi connectivity index (χ1n) is 5.81. The number of nitrogens with zero attached hydrogens (tertiary/aromatic N) is 1. The minimum absolute atomic E-state index is 0.0379. The van der Waals surface area contributed by atoms with Gasteiger partial charge >= 0.3 is 11.9 Å². The number of thioether (sulfide) groups is 1. The van der Waals surface area contributed by atoms with Crippen LogP contribution in [0.1, 0.15) is 6.42 Å². The van der Waals surface area contributed by atoms with Gasteiger partial charge in [0.25, 0.3) is 0 Å². The summed E-state index contributed by atoms with van der Waals surface area (Å²) in [5.41, 5.74) is 0.877. The van der Waals surface area contributed by atoms with Crippen LogP contribution in [0.3, 0.4) is 0 Å². The molecule has 0 aliphatic carbocycles. The van der Waals surface area contributed by atoms with E-state index >= 15 is 0 Å². The van der Waals surface area contributed by atoms with Crippen molar-refractivity contribution in [3.63, 3.8) is 0 Å². The Balaban J connectivity index is 2.17. The lowest BCUT2D eigenvalue weighted by molar-refractivity contribution is -0.146. The molecule has 0 radical (unpaired) electrons. The largest absolute Gasteiger partial charge is 0.469 e. The average molecular weight is 311 g/mol. The minimum atomic E-state index is -0.645. The number of fused-ring (bicyclic) bond motifs is 1. The number of methoxy groups -OCH3 is 2. The maximum Gasteiger partial charge on any atom is 0.319 e. The molecule has 0 aliphatic heterocycles. The molecule has 7 heteroatoms. The van der Waals surface area contributed by atoms with Crippen molar-refractivity contribution in [2.45, 2.75) is 16.0 Å². The van der Waals surface area contributed by atoms with E-state index in [1.807, 2.05) is 24.3 Å². The van der Waals surface area contributed by atoms with Gasteiger partial charge < -0.3 is 9.47 Å². The summed E-state index contributed by atoms with van der Waals surface area (Å²) >= 11 is 2.70. The van der Waals surface area contributed by atoms with Gasteiger partial charge in [-0.15, -0.1) is 11.3 Å². The summed E-state index contributed by atoms with van der Waals surface area (Å²) < 4.78 is 11.1. The van der Waals surface area contributed by atoms with Crippen molar-refractivity contribution in [1.82, 2.24) is 4.98 Å². The third-order valence-corrected chi connectivity index (χ3v) is 4.87. The number of benzene rings is 1. The highest BCUT2D eigenvalue weighted by Crippen LogP contribution is 2.33. The van der Waals surface area contributed by atoms with Crippen molar-refractivity contribution in [1.29, 1.82) is 0 Å². The van der Waals surface area contributed by atoms with E-state index in [1.165, 1.54) is 37.3 Å². The number of para-hydroxylation sites is 1.